The summed E-state index contributed by atoms with van der Waals surface area (Å²) in [7, 11) is 0. The normalized spacial score (nSPS) is 27.4. The van der Waals surface area contributed by atoms with Gasteiger partial charge < -0.3 is 19.5 Å². The molecule has 2 atom stereocenters. The summed E-state index contributed by atoms with van der Waals surface area (Å²) in [6, 6.07) is 7.91. The summed E-state index contributed by atoms with van der Waals surface area (Å²) in [5, 5.41) is 9.26. The van der Waals surface area contributed by atoms with E-state index >= 15 is 0 Å². The largest absolute Gasteiger partial charge is 0.480 e. The van der Waals surface area contributed by atoms with Crippen LogP contribution in [0.4, 0.5) is 4.79 Å². The molecule has 0 aromatic heterocycles. The van der Waals surface area contributed by atoms with Crippen LogP contribution in [0.5, 0.6) is 0 Å². The molecule has 1 aliphatic carbocycles. The Bertz CT molecular complexity index is 713. The van der Waals surface area contributed by atoms with Crippen LogP contribution in [0.3, 0.4) is 0 Å². The van der Waals surface area contributed by atoms with Gasteiger partial charge in [0.05, 0.1) is 0 Å². The Kier molecular flexibility index (Phi) is 6.05. The molecule has 2 bridgehead atoms. The van der Waals surface area contributed by atoms with Crippen molar-refractivity contribution in [2.45, 2.75) is 51.2 Å². The van der Waals surface area contributed by atoms with E-state index in [-0.39, 0.29) is 24.5 Å². The van der Waals surface area contributed by atoms with Crippen molar-refractivity contribution in [1.29, 1.82) is 0 Å². The molecule has 154 valence electrons. The molecule has 1 saturated carbocycles. The maximum absolute atomic E-state index is 12.7. The lowest BCUT2D eigenvalue weighted by atomic mass is 9.62. The highest BCUT2D eigenvalue weighted by Crippen LogP contribution is 2.52. The quantitative estimate of drug-likeness (QED) is 0.730. The molecule has 2 fully saturated rings. The van der Waals surface area contributed by atoms with Crippen LogP contribution in [0, 0.1) is 11.8 Å². The summed E-state index contributed by atoms with van der Waals surface area (Å²) in [6.07, 6.45) is 2.50. The van der Waals surface area contributed by atoms with Gasteiger partial charge in [-0.15, -0.1) is 0 Å². The van der Waals surface area contributed by atoms with Crippen LogP contribution < -0.4 is 0 Å². The van der Waals surface area contributed by atoms with E-state index in [4.69, 9.17) is 9.47 Å². The standard InChI is InChI=1S/C21H28BrNO5/c1-20(2,3)28-19(26)23-11-15-5-4-6-16(12-23)21(15,27-13-18(24)25)14-7-9-17(22)10-8-14/h7-10,15-16H,4-6,11-13H2,1-3H3,(H,24,25). The number of carboxylic acids is 1. The lowest BCUT2D eigenvalue weighted by Gasteiger charge is -2.55. The summed E-state index contributed by atoms with van der Waals surface area (Å²) < 4.78 is 12.7. The second-order valence-corrected chi connectivity index (χ2v) is 9.61. The maximum Gasteiger partial charge on any atom is 0.410 e. The number of likely N-dealkylation sites (tertiary alicyclic amines) is 1. The Labute approximate surface area is 174 Å². The number of halogens is 1. The van der Waals surface area contributed by atoms with E-state index in [9.17, 15) is 14.7 Å². The average Bonchev–Trinajstić information content (AvgIpc) is 2.58. The van der Waals surface area contributed by atoms with Gasteiger partial charge in [-0.1, -0.05) is 34.5 Å². The van der Waals surface area contributed by atoms with Crippen molar-refractivity contribution in [3.05, 3.63) is 34.3 Å². The van der Waals surface area contributed by atoms with Gasteiger partial charge in [0.25, 0.3) is 0 Å². The van der Waals surface area contributed by atoms with Gasteiger partial charge in [-0.3, -0.25) is 0 Å². The summed E-state index contributed by atoms with van der Waals surface area (Å²) in [4.78, 5) is 25.7. The number of fused-ring (bicyclic) bond motifs is 2. The van der Waals surface area contributed by atoms with Gasteiger partial charge in [0, 0.05) is 29.4 Å². The number of carbonyl (C=O) groups excluding carboxylic acids is 1. The van der Waals surface area contributed by atoms with Gasteiger partial charge in [0.1, 0.15) is 17.8 Å². The monoisotopic (exact) mass is 453 g/mol. The summed E-state index contributed by atoms with van der Waals surface area (Å²) in [5.74, 6) is -0.940. The maximum atomic E-state index is 12.7. The number of benzene rings is 1. The Morgan fingerprint density at radius 3 is 2.25 bits per heavy atom. The first kappa shape index (κ1) is 21.1. The van der Waals surface area contributed by atoms with Crippen LogP contribution in [-0.4, -0.2) is 47.4 Å². The zero-order valence-corrected chi connectivity index (χ0v) is 18.2. The molecule has 3 rings (SSSR count). The fourth-order valence-corrected chi connectivity index (χ4v) is 4.86. The highest BCUT2D eigenvalue weighted by Gasteiger charge is 2.55. The van der Waals surface area contributed by atoms with E-state index in [0.29, 0.717) is 13.1 Å². The second-order valence-electron chi connectivity index (χ2n) is 8.69. The lowest BCUT2D eigenvalue weighted by Crippen LogP contribution is -2.61. The molecule has 28 heavy (non-hydrogen) atoms. The SMILES string of the molecule is CC(C)(C)OC(=O)N1CC2CCCC(C1)C2(OCC(=O)O)c1ccc(Br)cc1. The first-order valence-corrected chi connectivity index (χ1v) is 10.5. The van der Waals surface area contributed by atoms with Crippen LogP contribution in [-0.2, 0) is 19.9 Å². The van der Waals surface area contributed by atoms with Crippen molar-refractivity contribution >= 4 is 28.0 Å². The van der Waals surface area contributed by atoms with Crippen LogP contribution in [0.2, 0.25) is 0 Å². The molecule has 1 aromatic carbocycles. The average molecular weight is 454 g/mol. The summed E-state index contributed by atoms with van der Waals surface area (Å²) >= 11 is 3.46. The lowest BCUT2D eigenvalue weighted by molar-refractivity contribution is -0.193. The molecule has 7 heteroatoms. The van der Waals surface area contributed by atoms with E-state index < -0.39 is 17.2 Å². The molecule has 0 spiro atoms. The number of carboxylic acid groups (broad SMARTS) is 1. The Morgan fingerprint density at radius 2 is 1.75 bits per heavy atom. The molecular formula is C21H28BrNO5. The van der Waals surface area contributed by atoms with E-state index in [1.54, 1.807) is 4.90 Å². The molecule has 0 radical (unpaired) electrons. The van der Waals surface area contributed by atoms with Gasteiger partial charge in [0.15, 0.2) is 0 Å². The Balaban J connectivity index is 1.93. The van der Waals surface area contributed by atoms with Crippen molar-refractivity contribution in [1.82, 2.24) is 4.90 Å². The van der Waals surface area contributed by atoms with E-state index in [2.05, 4.69) is 15.9 Å². The highest BCUT2D eigenvalue weighted by molar-refractivity contribution is 9.10. The van der Waals surface area contributed by atoms with Gasteiger partial charge >= 0.3 is 12.1 Å². The van der Waals surface area contributed by atoms with Gasteiger partial charge in [0.2, 0.25) is 0 Å². The van der Waals surface area contributed by atoms with Crippen LogP contribution >= 0.6 is 15.9 Å². The van der Waals surface area contributed by atoms with E-state index in [1.807, 2.05) is 45.0 Å². The molecule has 1 aliphatic heterocycles. The molecule has 1 aromatic rings. The third kappa shape index (κ3) is 4.35. The summed E-state index contributed by atoms with van der Waals surface area (Å²) in [6.45, 7) is 6.23. The molecule has 1 heterocycles. The Hall–Kier alpha value is -1.60. The Morgan fingerprint density at radius 1 is 1.18 bits per heavy atom. The fraction of sp³-hybridized carbons (Fsp3) is 0.619. The third-order valence-electron chi connectivity index (χ3n) is 5.58. The zero-order valence-electron chi connectivity index (χ0n) is 16.6. The zero-order chi connectivity index (χ0) is 20.5. The van der Waals surface area contributed by atoms with Crippen molar-refractivity contribution in [3.8, 4) is 0 Å². The number of amides is 1. The number of carbonyl (C=O) groups is 2. The minimum atomic E-state index is -0.982. The van der Waals surface area contributed by atoms with Crippen LogP contribution in [0.25, 0.3) is 0 Å². The van der Waals surface area contributed by atoms with Crippen molar-refractivity contribution in [2.75, 3.05) is 19.7 Å². The summed E-state index contributed by atoms with van der Waals surface area (Å²) in [5.41, 5.74) is -0.266. The van der Waals surface area contributed by atoms with Gasteiger partial charge in [-0.05, 0) is 51.3 Å². The fourth-order valence-electron chi connectivity index (χ4n) is 4.59. The van der Waals surface area contributed by atoms with E-state index in [1.165, 1.54) is 0 Å². The first-order chi connectivity index (χ1) is 13.1. The number of nitrogens with zero attached hydrogens (tertiary/aromatic N) is 1. The molecule has 1 amide bonds. The number of piperidine rings is 1. The molecule has 1 N–H and O–H groups in total. The van der Waals surface area contributed by atoms with Crippen molar-refractivity contribution < 1.29 is 24.2 Å². The van der Waals surface area contributed by atoms with Gasteiger partial charge in [-0.25, -0.2) is 9.59 Å². The highest BCUT2D eigenvalue weighted by atomic mass is 79.9. The molecule has 2 aliphatic rings. The number of hydrogen-bond acceptors (Lipinski definition) is 4. The van der Waals surface area contributed by atoms with Crippen molar-refractivity contribution in [2.24, 2.45) is 11.8 Å². The minimum Gasteiger partial charge on any atom is -0.480 e. The molecule has 1 saturated heterocycles. The van der Waals surface area contributed by atoms with Crippen LogP contribution in [0.1, 0.15) is 45.6 Å². The van der Waals surface area contributed by atoms with E-state index in [0.717, 1.165) is 29.3 Å². The smallest absolute Gasteiger partial charge is 0.410 e. The first-order valence-electron chi connectivity index (χ1n) is 9.71. The minimum absolute atomic E-state index is 0.0213. The van der Waals surface area contributed by atoms with Crippen LogP contribution in [0.15, 0.2) is 28.7 Å². The van der Waals surface area contributed by atoms with Crippen molar-refractivity contribution in [3.63, 3.8) is 0 Å². The predicted octanol–water partition coefficient (Wildman–Crippen LogP) is 4.41. The molecular weight excluding hydrogens is 426 g/mol. The third-order valence-corrected chi connectivity index (χ3v) is 6.11. The number of aliphatic carboxylic acids is 1. The predicted molar refractivity (Wildman–Crippen MR) is 108 cm³/mol. The van der Waals surface area contributed by atoms with Gasteiger partial charge in [-0.2, -0.15) is 0 Å². The number of ether oxygens (including phenoxy) is 2. The number of rotatable bonds is 4. The molecule has 6 nitrogen and oxygen atoms in total. The molecule has 2 unspecified atom stereocenters. The topological polar surface area (TPSA) is 76.1 Å². The second kappa shape index (κ2) is 8.03. The number of hydrogen-bond donors (Lipinski definition) is 1.